The van der Waals surface area contributed by atoms with Crippen molar-refractivity contribution in [1.29, 1.82) is 0 Å². The van der Waals surface area contributed by atoms with Crippen LogP contribution in [0.5, 0.6) is 0 Å². The van der Waals surface area contributed by atoms with Gasteiger partial charge in [-0.05, 0) is 34.3 Å². The quantitative estimate of drug-likeness (QED) is 0.835. The van der Waals surface area contributed by atoms with Crippen LogP contribution >= 0.6 is 27.3 Å². The van der Waals surface area contributed by atoms with Gasteiger partial charge in [0.15, 0.2) is 0 Å². The second kappa shape index (κ2) is 4.59. The van der Waals surface area contributed by atoms with E-state index < -0.39 is 0 Å². The summed E-state index contributed by atoms with van der Waals surface area (Å²) in [6.07, 6.45) is 0. The molecule has 0 atom stereocenters. The van der Waals surface area contributed by atoms with Gasteiger partial charge >= 0.3 is 0 Å². The van der Waals surface area contributed by atoms with E-state index in [1.54, 1.807) is 0 Å². The summed E-state index contributed by atoms with van der Waals surface area (Å²) in [5.74, 6) is -0.210. The molecule has 1 N–H and O–H groups in total. The molecule has 0 aliphatic heterocycles. The summed E-state index contributed by atoms with van der Waals surface area (Å²) in [5, 5.41) is 1.84. The molecule has 0 fully saturated rings. The highest BCUT2D eigenvalue weighted by atomic mass is 79.9. The average Bonchev–Trinajstić information content (AvgIpc) is 2.47. The Bertz CT molecular complexity index is 274. The van der Waals surface area contributed by atoms with Crippen molar-refractivity contribution in [3.8, 4) is 0 Å². The number of thiophene rings is 1. The van der Waals surface area contributed by atoms with Crippen LogP contribution in [0.3, 0.4) is 0 Å². The van der Waals surface area contributed by atoms with E-state index in [1.807, 2.05) is 18.4 Å². The first-order valence-electron chi connectivity index (χ1n) is 3.40. The van der Waals surface area contributed by atoms with Crippen LogP contribution in [0.4, 0.5) is 0 Å². The molecule has 1 aromatic rings. The van der Waals surface area contributed by atoms with E-state index in [0.29, 0.717) is 11.5 Å². The molecular formula is C7H8BrNO2S. The third-order valence-electron chi connectivity index (χ3n) is 1.13. The van der Waals surface area contributed by atoms with E-state index in [1.165, 1.54) is 11.3 Å². The zero-order chi connectivity index (χ0) is 8.97. The molecule has 66 valence electrons. The number of carbonyl (C=O) groups excluding carboxylic acids is 1. The van der Waals surface area contributed by atoms with Crippen LogP contribution < -0.4 is 5.48 Å². The van der Waals surface area contributed by atoms with Gasteiger partial charge in [0.1, 0.15) is 4.88 Å². The van der Waals surface area contributed by atoms with Crippen molar-refractivity contribution in [2.24, 2.45) is 0 Å². The van der Waals surface area contributed by atoms with Crippen LogP contribution in [0.25, 0.3) is 0 Å². The van der Waals surface area contributed by atoms with Crippen LogP contribution in [0.2, 0.25) is 0 Å². The van der Waals surface area contributed by atoms with Crippen molar-refractivity contribution in [2.45, 2.75) is 6.92 Å². The molecule has 1 heterocycles. The SMILES string of the molecule is CCONC(=O)c1sccc1Br. The van der Waals surface area contributed by atoms with Gasteiger partial charge < -0.3 is 0 Å². The molecule has 0 aromatic carbocycles. The molecule has 0 saturated carbocycles. The Morgan fingerprint density at radius 2 is 2.58 bits per heavy atom. The fourth-order valence-electron chi connectivity index (χ4n) is 0.640. The highest BCUT2D eigenvalue weighted by Crippen LogP contribution is 2.22. The Labute approximate surface area is 82.8 Å². The first-order chi connectivity index (χ1) is 5.75. The van der Waals surface area contributed by atoms with Crippen molar-refractivity contribution in [3.63, 3.8) is 0 Å². The first kappa shape index (κ1) is 9.70. The first-order valence-corrected chi connectivity index (χ1v) is 5.08. The Morgan fingerprint density at radius 3 is 3.08 bits per heavy atom. The molecule has 0 unspecified atom stereocenters. The largest absolute Gasteiger partial charge is 0.286 e. The maximum absolute atomic E-state index is 11.2. The number of carbonyl (C=O) groups is 1. The molecule has 5 heteroatoms. The van der Waals surface area contributed by atoms with E-state index in [0.717, 1.165) is 4.47 Å². The van der Waals surface area contributed by atoms with Crippen molar-refractivity contribution < 1.29 is 9.63 Å². The number of hydrogen-bond donors (Lipinski definition) is 1. The van der Waals surface area contributed by atoms with Gasteiger partial charge in [-0.3, -0.25) is 9.63 Å². The number of hydroxylamine groups is 1. The van der Waals surface area contributed by atoms with Crippen LogP contribution in [-0.2, 0) is 4.84 Å². The second-order valence-electron chi connectivity index (χ2n) is 1.96. The van der Waals surface area contributed by atoms with Crippen molar-refractivity contribution >= 4 is 33.2 Å². The summed E-state index contributed by atoms with van der Waals surface area (Å²) >= 11 is 4.62. The Hall–Kier alpha value is -0.390. The molecule has 1 aromatic heterocycles. The number of halogens is 1. The van der Waals surface area contributed by atoms with E-state index in [4.69, 9.17) is 4.84 Å². The van der Waals surface area contributed by atoms with Crippen LogP contribution in [0, 0.1) is 0 Å². The zero-order valence-electron chi connectivity index (χ0n) is 6.46. The minimum absolute atomic E-state index is 0.210. The summed E-state index contributed by atoms with van der Waals surface area (Å²) < 4.78 is 0.796. The smallest absolute Gasteiger partial charge is 0.274 e. The van der Waals surface area contributed by atoms with Crippen molar-refractivity contribution in [1.82, 2.24) is 5.48 Å². The van der Waals surface area contributed by atoms with Crippen LogP contribution in [0.1, 0.15) is 16.6 Å². The molecule has 1 rings (SSSR count). The summed E-state index contributed by atoms with van der Waals surface area (Å²) in [4.78, 5) is 16.6. The second-order valence-corrected chi connectivity index (χ2v) is 3.73. The van der Waals surface area contributed by atoms with E-state index in [2.05, 4.69) is 21.4 Å². The van der Waals surface area contributed by atoms with Crippen molar-refractivity contribution in [2.75, 3.05) is 6.61 Å². The molecular weight excluding hydrogens is 242 g/mol. The van der Waals surface area contributed by atoms with Crippen LogP contribution in [-0.4, -0.2) is 12.5 Å². The maximum atomic E-state index is 11.2. The third kappa shape index (κ3) is 2.30. The minimum atomic E-state index is -0.210. The van der Waals surface area contributed by atoms with Gasteiger partial charge in [0, 0.05) is 4.47 Å². The number of nitrogens with one attached hydrogen (secondary N) is 1. The van der Waals surface area contributed by atoms with Gasteiger partial charge in [-0.25, -0.2) is 5.48 Å². The molecule has 0 saturated heterocycles. The van der Waals surface area contributed by atoms with E-state index in [-0.39, 0.29) is 5.91 Å². The van der Waals surface area contributed by atoms with Gasteiger partial charge in [0.25, 0.3) is 5.91 Å². The summed E-state index contributed by atoms with van der Waals surface area (Å²) in [7, 11) is 0. The normalized spacial score (nSPS) is 9.83. The Morgan fingerprint density at radius 1 is 1.83 bits per heavy atom. The lowest BCUT2D eigenvalue weighted by Gasteiger charge is -2.00. The lowest BCUT2D eigenvalue weighted by atomic mass is 10.4. The molecule has 3 nitrogen and oxygen atoms in total. The fourth-order valence-corrected chi connectivity index (χ4v) is 2.08. The number of amides is 1. The van der Waals surface area contributed by atoms with E-state index in [9.17, 15) is 4.79 Å². The summed E-state index contributed by atoms with van der Waals surface area (Å²) in [5.41, 5.74) is 2.32. The monoisotopic (exact) mass is 249 g/mol. The van der Waals surface area contributed by atoms with Gasteiger partial charge in [0.2, 0.25) is 0 Å². The third-order valence-corrected chi connectivity index (χ3v) is 2.97. The Balaban J connectivity index is 2.59. The topological polar surface area (TPSA) is 38.3 Å². The summed E-state index contributed by atoms with van der Waals surface area (Å²) in [6.45, 7) is 2.28. The molecule has 0 bridgehead atoms. The molecule has 0 aliphatic carbocycles. The van der Waals surface area contributed by atoms with E-state index >= 15 is 0 Å². The number of hydrogen-bond acceptors (Lipinski definition) is 3. The fraction of sp³-hybridized carbons (Fsp3) is 0.286. The molecule has 1 amide bonds. The average molecular weight is 250 g/mol. The molecule has 0 spiro atoms. The maximum Gasteiger partial charge on any atom is 0.286 e. The predicted molar refractivity (Wildman–Crippen MR) is 51.1 cm³/mol. The highest BCUT2D eigenvalue weighted by molar-refractivity contribution is 9.10. The molecule has 12 heavy (non-hydrogen) atoms. The number of rotatable bonds is 3. The molecule has 0 radical (unpaired) electrons. The Kier molecular flexibility index (Phi) is 3.71. The van der Waals surface area contributed by atoms with Crippen LogP contribution in [0.15, 0.2) is 15.9 Å². The predicted octanol–water partition coefficient (Wildman–Crippen LogP) is 2.19. The summed E-state index contributed by atoms with van der Waals surface area (Å²) in [6, 6.07) is 1.82. The lowest BCUT2D eigenvalue weighted by molar-refractivity contribution is 0.0368. The standard InChI is InChI=1S/C7H8BrNO2S/c1-2-11-9-7(10)6-5(8)3-4-12-6/h3-4H,2H2,1H3,(H,9,10). The van der Waals surface area contributed by atoms with Crippen molar-refractivity contribution in [3.05, 3.63) is 20.8 Å². The van der Waals surface area contributed by atoms with Gasteiger partial charge in [-0.2, -0.15) is 0 Å². The highest BCUT2D eigenvalue weighted by Gasteiger charge is 2.10. The minimum Gasteiger partial charge on any atom is -0.274 e. The molecule has 0 aliphatic rings. The van der Waals surface area contributed by atoms with Gasteiger partial charge in [-0.1, -0.05) is 0 Å². The lowest BCUT2D eigenvalue weighted by Crippen LogP contribution is -2.22. The zero-order valence-corrected chi connectivity index (χ0v) is 8.87. The van der Waals surface area contributed by atoms with Gasteiger partial charge in [-0.15, -0.1) is 11.3 Å². The van der Waals surface area contributed by atoms with Gasteiger partial charge in [0.05, 0.1) is 6.61 Å².